The molecule has 0 atom stereocenters. The number of piperazine rings is 1. The van der Waals surface area contributed by atoms with Crippen LogP contribution in [0, 0.1) is 0 Å². The molecule has 0 bridgehead atoms. The minimum absolute atomic E-state index is 0.613. The van der Waals surface area contributed by atoms with Crippen LogP contribution in [0.15, 0.2) is 6.07 Å². The zero-order valence-electron chi connectivity index (χ0n) is 16.4. The van der Waals surface area contributed by atoms with E-state index in [1.165, 1.54) is 61.2 Å². The molecule has 2 fully saturated rings. The summed E-state index contributed by atoms with van der Waals surface area (Å²) >= 11 is 0. The summed E-state index contributed by atoms with van der Waals surface area (Å²) in [4.78, 5) is 14.7. The van der Waals surface area contributed by atoms with Crippen molar-refractivity contribution >= 4 is 5.82 Å². The van der Waals surface area contributed by atoms with Gasteiger partial charge < -0.3 is 4.90 Å². The fraction of sp³-hybridized carbons (Fsp3) is 0.667. The van der Waals surface area contributed by atoms with Gasteiger partial charge in [0.25, 0.3) is 0 Å². The van der Waals surface area contributed by atoms with Gasteiger partial charge in [-0.15, -0.1) is 0 Å². The van der Waals surface area contributed by atoms with Crippen molar-refractivity contribution in [1.29, 1.82) is 0 Å². The Morgan fingerprint density at radius 3 is 2.67 bits per heavy atom. The Hall–Kier alpha value is -1.95. The van der Waals surface area contributed by atoms with Crippen molar-refractivity contribution in [3.05, 3.63) is 34.5 Å². The first-order valence-corrected chi connectivity index (χ1v) is 10.7. The average molecular weight is 367 g/mol. The first-order chi connectivity index (χ1) is 13.3. The van der Waals surface area contributed by atoms with Crippen LogP contribution in [0.2, 0.25) is 0 Å². The number of hydrogen-bond acceptors (Lipinski definition) is 5. The molecule has 6 nitrogen and oxygen atoms in total. The zero-order chi connectivity index (χ0) is 18.2. The molecule has 3 heterocycles. The van der Waals surface area contributed by atoms with E-state index in [2.05, 4.69) is 33.0 Å². The van der Waals surface area contributed by atoms with Gasteiger partial charge in [0.1, 0.15) is 11.6 Å². The van der Waals surface area contributed by atoms with Crippen LogP contribution in [0.25, 0.3) is 0 Å². The van der Waals surface area contributed by atoms with Gasteiger partial charge in [-0.3, -0.25) is 10.00 Å². The van der Waals surface area contributed by atoms with Crippen molar-refractivity contribution in [3.63, 3.8) is 0 Å². The number of hydrogen-bond donors (Lipinski definition) is 1. The zero-order valence-corrected chi connectivity index (χ0v) is 16.4. The Labute approximate surface area is 161 Å². The number of rotatable bonds is 5. The number of anilines is 1. The molecule has 5 rings (SSSR count). The molecule has 1 saturated heterocycles. The second-order valence-electron chi connectivity index (χ2n) is 8.30. The summed E-state index contributed by atoms with van der Waals surface area (Å²) in [7, 11) is 0. The fourth-order valence-corrected chi connectivity index (χ4v) is 4.40. The molecule has 0 radical (unpaired) electrons. The molecule has 27 heavy (non-hydrogen) atoms. The van der Waals surface area contributed by atoms with Gasteiger partial charge in [-0.2, -0.15) is 5.10 Å². The third-order valence-corrected chi connectivity index (χ3v) is 6.30. The van der Waals surface area contributed by atoms with E-state index >= 15 is 0 Å². The molecule has 0 amide bonds. The first-order valence-electron chi connectivity index (χ1n) is 10.7. The maximum Gasteiger partial charge on any atom is 0.134 e. The average Bonchev–Trinajstić information content (AvgIpc) is 3.50. The summed E-state index contributed by atoms with van der Waals surface area (Å²) in [6, 6.07) is 2.20. The van der Waals surface area contributed by atoms with Crippen molar-refractivity contribution in [2.24, 2.45) is 0 Å². The van der Waals surface area contributed by atoms with Crippen LogP contribution >= 0.6 is 0 Å². The highest BCUT2D eigenvalue weighted by Gasteiger charge is 2.28. The van der Waals surface area contributed by atoms with Gasteiger partial charge in [-0.25, -0.2) is 9.97 Å². The fourth-order valence-electron chi connectivity index (χ4n) is 4.40. The number of nitrogens with one attached hydrogen (secondary N) is 1. The topological polar surface area (TPSA) is 60.9 Å². The van der Waals surface area contributed by atoms with Gasteiger partial charge in [0.2, 0.25) is 0 Å². The largest absolute Gasteiger partial charge is 0.354 e. The molecule has 0 unspecified atom stereocenters. The molecule has 1 saturated carbocycles. The lowest BCUT2D eigenvalue weighted by Crippen LogP contribution is -2.46. The van der Waals surface area contributed by atoms with Crippen LogP contribution < -0.4 is 4.90 Å². The second-order valence-corrected chi connectivity index (χ2v) is 8.30. The maximum atomic E-state index is 4.90. The van der Waals surface area contributed by atoms with E-state index in [0.29, 0.717) is 5.92 Å². The molecule has 1 aliphatic heterocycles. The van der Waals surface area contributed by atoms with Crippen molar-refractivity contribution in [1.82, 2.24) is 25.1 Å². The number of H-pyrrole nitrogens is 1. The third kappa shape index (κ3) is 3.59. The number of fused-ring (bicyclic) bond motifs is 1. The number of aromatic amines is 1. The standard InChI is InChI=1S/C21H30N6/c1-2-16-13-20(23-21(22-16)15-7-8-15)27-11-9-26(10-12-27)14-19-17-5-3-4-6-18(17)24-25-19/h13,15H,2-12,14H2,1H3,(H,24,25). The first kappa shape index (κ1) is 17.2. The van der Waals surface area contributed by atoms with Gasteiger partial charge in [0, 0.05) is 56.1 Å². The van der Waals surface area contributed by atoms with Crippen LogP contribution in [0.4, 0.5) is 5.82 Å². The molecule has 2 aromatic rings. The normalized spacial score (nSPS) is 20.7. The monoisotopic (exact) mass is 366 g/mol. The van der Waals surface area contributed by atoms with E-state index in [1.807, 2.05) is 0 Å². The van der Waals surface area contributed by atoms with Gasteiger partial charge in [0.15, 0.2) is 0 Å². The smallest absolute Gasteiger partial charge is 0.134 e. The highest BCUT2D eigenvalue weighted by Crippen LogP contribution is 2.38. The molecular formula is C21H30N6. The molecule has 2 aliphatic carbocycles. The highest BCUT2D eigenvalue weighted by molar-refractivity contribution is 5.41. The Balaban J connectivity index is 1.24. The number of aryl methyl sites for hydroxylation is 2. The molecule has 2 aromatic heterocycles. The lowest BCUT2D eigenvalue weighted by Gasteiger charge is -2.35. The van der Waals surface area contributed by atoms with Gasteiger partial charge in [-0.1, -0.05) is 6.92 Å². The predicted molar refractivity (Wildman–Crippen MR) is 106 cm³/mol. The van der Waals surface area contributed by atoms with Crippen LogP contribution in [-0.2, 0) is 25.8 Å². The summed E-state index contributed by atoms with van der Waals surface area (Å²) in [5, 5.41) is 7.91. The third-order valence-electron chi connectivity index (χ3n) is 6.30. The van der Waals surface area contributed by atoms with E-state index in [-0.39, 0.29) is 0 Å². The Kier molecular flexibility index (Phi) is 4.60. The van der Waals surface area contributed by atoms with Crippen LogP contribution in [0.1, 0.15) is 67.0 Å². The van der Waals surface area contributed by atoms with Gasteiger partial charge >= 0.3 is 0 Å². The summed E-state index contributed by atoms with van der Waals surface area (Å²) in [6.45, 7) is 7.40. The quantitative estimate of drug-likeness (QED) is 0.882. The number of nitrogens with zero attached hydrogens (tertiary/aromatic N) is 5. The van der Waals surface area contributed by atoms with E-state index in [0.717, 1.165) is 50.8 Å². The summed E-state index contributed by atoms with van der Waals surface area (Å²) < 4.78 is 0. The Bertz CT molecular complexity index is 801. The molecule has 3 aliphatic rings. The van der Waals surface area contributed by atoms with Crippen LogP contribution in [0.5, 0.6) is 0 Å². The molecule has 144 valence electrons. The minimum Gasteiger partial charge on any atom is -0.354 e. The van der Waals surface area contributed by atoms with Crippen LogP contribution in [0.3, 0.4) is 0 Å². The van der Waals surface area contributed by atoms with Crippen LogP contribution in [-0.4, -0.2) is 51.2 Å². The van der Waals surface area contributed by atoms with Crippen molar-refractivity contribution in [2.45, 2.75) is 64.3 Å². The van der Waals surface area contributed by atoms with Crippen molar-refractivity contribution in [3.8, 4) is 0 Å². The Morgan fingerprint density at radius 2 is 1.89 bits per heavy atom. The molecule has 0 aromatic carbocycles. The molecule has 1 N–H and O–H groups in total. The highest BCUT2D eigenvalue weighted by atomic mass is 15.3. The molecule has 6 heteroatoms. The van der Waals surface area contributed by atoms with Crippen molar-refractivity contribution < 1.29 is 0 Å². The van der Waals surface area contributed by atoms with Gasteiger partial charge in [0.05, 0.1) is 5.69 Å². The minimum atomic E-state index is 0.613. The van der Waals surface area contributed by atoms with E-state index in [4.69, 9.17) is 9.97 Å². The number of aromatic nitrogens is 4. The van der Waals surface area contributed by atoms with E-state index in [1.54, 1.807) is 0 Å². The van der Waals surface area contributed by atoms with Crippen molar-refractivity contribution in [2.75, 3.05) is 31.1 Å². The SMILES string of the molecule is CCc1cc(N2CCN(Cc3n[nH]c4c3CCCC4)CC2)nc(C2CC2)n1. The lowest BCUT2D eigenvalue weighted by atomic mass is 9.96. The van der Waals surface area contributed by atoms with E-state index in [9.17, 15) is 0 Å². The maximum absolute atomic E-state index is 4.90. The lowest BCUT2D eigenvalue weighted by molar-refractivity contribution is 0.245. The predicted octanol–water partition coefficient (Wildman–Crippen LogP) is 2.84. The van der Waals surface area contributed by atoms with Gasteiger partial charge in [-0.05, 0) is 50.5 Å². The summed E-state index contributed by atoms with van der Waals surface area (Å²) in [5.41, 5.74) is 5.36. The second kappa shape index (κ2) is 7.23. The van der Waals surface area contributed by atoms with E-state index < -0.39 is 0 Å². The summed E-state index contributed by atoms with van der Waals surface area (Å²) in [5.74, 6) is 2.83. The molecule has 0 spiro atoms. The molecular weight excluding hydrogens is 336 g/mol. The summed E-state index contributed by atoms with van der Waals surface area (Å²) in [6.07, 6.45) is 8.49. The Morgan fingerprint density at radius 1 is 1.07 bits per heavy atom.